The predicted molar refractivity (Wildman–Crippen MR) is 88.6 cm³/mol. The lowest BCUT2D eigenvalue weighted by molar-refractivity contribution is -0.137. The summed E-state index contributed by atoms with van der Waals surface area (Å²) in [7, 11) is 1.65. The summed E-state index contributed by atoms with van der Waals surface area (Å²) in [5.41, 5.74) is 1.75. The molecule has 0 spiro atoms. The van der Waals surface area contributed by atoms with Gasteiger partial charge in [-0.05, 0) is 36.3 Å². The number of benzene rings is 1. The molecule has 5 nitrogen and oxygen atoms in total. The molecule has 23 heavy (non-hydrogen) atoms. The fraction of sp³-hybridized carbons (Fsp3) is 0.294. The average Bonchev–Trinajstić information content (AvgIpc) is 2.51. The molecule has 6 heteroatoms. The quantitative estimate of drug-likeness (QED) is 0.811. The van der Waals surface area contributed by atoms with Gasteiger partial charge >= 0.3 is 5.97 Å². The molecule has 0 aliphatic carbocycles. The monoisotopic (exact) mass is 335 g/mol. The van der Waals surface area contributed by atoms with Crippen LogP contribution in [0.2, 0.25) is 5.02 Å². The molecule has 0 saturated heterocycles. The van der Waals surface area contributed by atoms with Gasteiger partial charge in [0.05, 0.1) is 0 Å². The number of carbonyl (C=O) groups excluding carboxylic acids is 1. The van der Waals surface area contributed by atoms with Crippen molar-refractivity contribution in [1.82, 2.24) is 4.90 Å². The molecule has 0 bridgehead atoms. The molecule has 1 aromatic carbocycles. The maximum Gasteiger partial charge on any atom is 0.303 e. The Morgan fingerprint density at radius 2 is 2.22 bits per heavy atom. The van der Waals surface area contributed by atoms with Crippen LogP contribution in [0.1, 0.15) is 18.4 Å². The lowest BCUT2D eigenvalue weighted by Crippen LogP contribution is -2.26. The number of hydrogen-bond acceptors (Lipinski definition) is 3. The van der Waals surface area contributed by atoms with Crippen LogP contribution in [0.5, 0.6) is 5.75 Å². The zero-order chi connectivity index (χ0) is 16.8. The van der Waals surface area contributed by atoms with Crippen LogP contribution in [0.25, 0.3) is 6.08 Å². The fourth-order valence-electron chi connectivity index (χ4n) is 2.15. The third-order valence-corrected chi connectivity index (χ3v) is 3.64. The van der Waals surface area contributed by atoms with Gasteiger partial charge in [-0.1, -0.05) is 17.7 Å². The van der Waals surface area contributed by atoms with Crippen molar-refractivity contribution in [1.29, 1.82) is 0 Å². The standard InChI is InChI=1S/C17H18ClNO4/c1-19(8-2-3-17(21)22)16(20)7-4-12-9-13-10-14(18)5-6-15(13)23-11-12/h4-7,9-10H,2-3,8,11H2,1H3,(H,21,22). The van der Waals surface area contributed by atoms with Crippen molar-refractivity contribution in [3.05, 3.63) is 46.5 Å². The number of rotatable bonds is 6. The summed E-state index contributed by atoms with van der Waals surface area (Å²) in [4.78, 5) is 23.9. The number of carboxylic acid groups (broad SMARTS) is 1. The number of hydrogen-bond donors (Lipinski definition) is 1. The Morgan fingerprint density at radius 1 is 1.43 bits per heavy atom. The van der Waals surface area contributed by atoms with E-state index in [1.165, 1.54) is 11.0 Å². The average molecular weight is 336 g/mol. The number of halogens is 1. The molecule has 0 atom stereocenters. The van der Waals surface area contributed by atoms with Crippen LogP contribution in [0.15, 0.2) is 35.9 Å². The van der Waals surface area contributed by atoms with E-state index in [1.54, 1.807) is 19.2 Å². The van der Waals surface area contributed by atoms with Gasteiger partial charge in [0.15, 0.2) is 0 Å². The topological polar surface area (TPSA) is 66.8 Å². The largest absolute Gasteiger partial charge is 0.488 e. The molecule has 0 radical (unpaired) electrons. The predicted octanol–water partition coefficient (Wildman–Crippen LogP) is 3.00. The molecule has 0 aromatic heterocycles. The fourth-order valence-corrected chi connectivity index (χ4v) is 2.33. The Bertz CT molecular complexity index is 667. The van der Waals surface area contributed by atoms with Crippen molar-refractivity contribution < 1.29 is 19.4 Å². The van der Waals surface area contributed by atoms with Gasteiger partial charge < -0.3 is 14.7 Å². The van der Waals surface area contributed by atoms with Crippen LogP contribution in [-0.2, 0) is 9.59 Å². The highest BCUT2D eigenvalue weighted by molar-refractivity contribution is 6.30. The van der Waals surface area contributed by atoms with Gasteiger partial charge in [0.2, 0.25) is 5.91 Å². The van der Waals surface area contributed by atoms with E-state index >= 15 is 0 Å². The Kier molecular flexibility index (Phi) is 5.82. The van der Waals surface area contributed by atoms with E-state index in [9.17, 15) is 9.59 Å². The molecule has 1 aliphatic heterocycles. The number of nitrogens with zero attached hydrogens (tertiary/aromatic N) is 1. The van der Waals surface area contributed by atoms with Crippen LogP contribution in [0.4, 0.5) is 0 Å². The second-order valence-electron chi connectivity index (χ2n) is 5.28. The second-order valence-corrected chi connectivity index (χ2v) is 5.72. The maximum atomic E-state index is 12.0. The van der Waals surface area contributed by atoms with Crippen molar-refractivity contribution in [2.75, 3.05) is 20.2 Å². The number of ether oxygens (including phenoxy) is 1. The zero-order valence-electron chi connectivity index (χ0n) is 12.8. The Balaban J connectivity index is 1.94. The summed E-state index contributed by atoms with van der Waals surface area (Å²) >= 11 is 5.96. The first-order chi connectivity index (χ1) is 11.0. The first-order valence-corrected chi connectivity index (χ1v) is 7.61. The third kappa shape index (κ3) is 5.14. The summed E-state index contributed by atoms with van der Waals surface area (Å²) in [6.45, 7) is 0.796. The van der Waals surface area contributed by atoms with Crippen molar-refractivity contribution in [3.63, 3.8) is 0 Å². The lowest BCUT2D eigenvalue weighted by Gasteiger charge is -2.17. The van der Waals surface area contributed by atoms with Gasteiger partial charge in [-0.15, -0.1) is 0 Å². The third-order valence-electron chi connectivity index (χ3n) is 3.41. The van der Waals surface area contributed by atoms with Crippen molar-refractivity contribution >= 4 is 29.6 Å². The van der Waals surface area contributed by atoms with E-state index in [2.05, 4.69) is 0 Å². The lowest BCUT2D eigenvalue weighted by atomic mass is 10.1. The molecule has 1 heterocycles. The molecule has 1 N–H and O–H groups in total. The van der Waals surface area contributed by atoms with Crippen LogP contribution in [0.3, 0.4) is 0 Å². The van der Waals surface area contributed by atoms with Gasteiger partial charge in [-0.25, -0.2) is 0 Å². The van der Waals surface area contributed by atoms with E-state index in [4.69, 9.17) is 21.4 Å². The number of aliphatic carboxylic acids is 1. The van der Waals surface area contributed by atoms with Crippen LogP contribution < -0.4 is 4.74 Å². The number of carbonyl (C=O) groups is 2. The minimum Gasteiger partial charge on any atom is -0.488 e. The highest BCUT2D eigenvalue weighted by Crippen LogP contribution is 2.29. The van der Waals surface area contributed by atoms with Gasteiger partial charge in [-0.3, -0.25) is 9.59 Å². The Labute approximate surface area is 139 Å². The van der Waals surface area contributed by atoms with E-state index in [-0.39, 0.29) is 12.3 Å². The summed E-state index contributed by atoms with van der Waals surface area (Å²) < 4.78 is 5.61. The van der Waals surface area contributed by atoms with E-state index < -0.39 is 5.97 Å². The van der Waals surface area contributed by atoms with E-state index in [0.29, 0.717) is 24.6 Å². The van der Waals surface area contributed by atoms with Crippen molar-refractivity contribution in [2.45, 2.75) is 12.8 Å². The van der Waals surface area contributed by atoms with Crippen LogP contribution in [-0.4, -0.2) is 42.1 Å². The van der Waals surface area contributed by atoms with Crippen molar-refractivity contribution in [3.8, 4) is 5.75 Å². The van der Waals surface area contributed by atoms with E-state index in [1.807, 2.05) is 18.2 Å². The number of carboxylic acids is 1. The molecular weight excluding hydrogens is 318 g/mol. The van der Waals surface area contributed by atoms with Crippen LogP contribution >= 0.6 is 11.6 Å². The molecule has 0 unspecified atom stereocenters. The van der Waals surface area contributed by atoms with Gasteiger partial charge in [-0.2, -0.15) is 0 Å². The summed E-state index contributed by atoms with van der Waals surface area (Å²) in [5, 5.41) is 9.22. The number of likely N-dealkylation sites (N-methyl/N-ethyl adjacent to an activating group) is 1. The second kappa shape index (κ2) is 7.83. The summed E-state index contributed by atoms with van der Waals surface area (Å²) in [5.74, 6) is -0.264. The molecule has 0 fully saturated rings. The van der Waals surface area contributed by atoms with Crippen molar-refractivity contribution in [2.24, 2.45) is 0 Å². The first kappa shape index (κ1) is 17.1. The smallest absolute Gasteiger partial charge is 0.303 e. The normalized spacial score (nSPS) is 13.2. The SMILES string of the molecule is CN(CCCC(=O)O)C(=O)C=CC1=Cc2cc(Cl)ccc2OC1. The minimum absolute atomic E-state index is 0.0534. The highest BCUT2D eigenvalue weighted by atomic mass is 35.5. The van der Waals surface area contributed by atoms with Gasteiger partial charge in [0, 0.05) is 36.7 Å². The van der Waals surface area contributed by atoms with Gasteiger partial charge in [0.25, 0.3) is 0 Å². The molecule has 2 rings (SSSR count). The Morgan fingerprint density at radius 3 is 2.96 bits per heavy atom. The first-order valence-electron chi connectivity index (χ1n) is 7.23. The number of amides is 1. The van der Waals surface area contributed by atoms with E-state index in [0.717, 1.165) is 16.9 Å². The minimum atomic E-state index is -0.858. The molecule has 1 amide bonds. The maximum absolute atomic E-state index is 12.0. The highest BCUT2D eigenvalue weighted by Gasteiger charge is 2.11. The summed E-state index contributed by atoms with van der Waals surface area (Å²) in [6.07, 6.45) is 5.59. The Hall–Kier alpha value is -2.27. The molecule has 122 valence electrons. The van der Waals surface area contributed by atoms with Gasteiger partial charge in [0.1, 0.15) is 12.4 Å². The zero-order valence-corrected chi connectivity index (χ0v) is 13.5. The van der Waals surface area contributed by atoms with Crippen LogP contribution in [0, 0.1) is 0 Å². The number of fused-ring (bicyclic) bond motifs is 1. The molecule has 0 saturated carbocycles. The molecule has 1 aromatic rings. The molecule has 1 aliphatic rings. The summed E-state index contributed by atoms with van der Waals surface area (Å²) in [6, 6.07) is 5.39. The molecular formula is C17H18ClNO4.